The Morgan fingerprint density at radius 1 is 1.60 bits per heavy atom. The van der Waals surface area contributed by atoms with Crippen molar-refractivity contribution in [1.82, 2.24) is 0 Å². The number of anilines is 1. The number of rotatable bonds is 3. The van der Waals surface area contributed by atoms with Crippen LogP contribution in [0.1, 0.15) is 12.5 Å². The van der Waals surface area contributed by atoms with Gasteiger partial charge in [0.25, 0.3) is 0 Å². The normalized spacial score (nSPS) is 10.1. The first kappa shape index (κ1) is 12.3. The fourth-order valence-corrected chi connectivity index (χ4v) is 1.66. The number of hydrogen-bond acceptors (Lipinski definition) is 3. The van der Waals surface area contributed by atoms with Crippen molar-refractivity contribution in [3.8, 4) is 0 Å². The molecule has 5 heteroatoms. The Bertz CT molecular complexity index is 382. The quantitative estimate of drug-likeness (QED) is 0.688. The molecule has 0 aliphatic rings. The molecule has 0 radical (unpaired) electrons. The Hall–Kier alpha value is -0.740. The first-order valence-electron chi connectivity index (χ1n) is 4.44. The van der Waals surface area contributed by atoms with Crippen molar-refractivity contribution >= 4 is 39.2 Å². The molecule has 15 heavy (non-hydrogen) atoms. The first-order valence-corrected chi connectivity index (χ1v) is 5.61. The van der Waals surface area contributed by atoms with Gasteiger partial charge in [0.2, 0.25) is 0 Å². The average Bonchev–Trinajstić information content (AvgIpc) is 2.20. The van der Waals surface area contributed by atoms with Crippen molar-refractivity contribution in [3.05, 3.63) is 27.2 Å². The SMILES string of the molecule is CCOC(=O)Cc1ccc(Br)c(Cl)c1N. The largest absolute Gasteiger partial charge is 0.466 e. The van der Waals surface area contributed by atoms with Crippen LogP contribution in [0.15, 0.2) is 16.6 Å². The van der Waals surface area contributed by atoms with Gasteiger partial charge in [-0.2, -0.15) is 0 Å². The number of ether oxygens (including phenoxy) is 1. The third-order valence-electron chi connectivity index (χ3n) is 1.86. The van der Waals surface area contributed by atoms with Crippen LogP contribution >= 0.6 is 27.5 Å². The monoisotopic (exact) mass is 291 g/mol. The van der Waals surface area contributed by atoms with Gasteiger partial charge in [-0.15, -0.1) is 0 Å². The molecule has 0 unspecified atom stereocenters. The van der Waals surface area contributed by atoms with Gasteiger partial charge in [-0.05, 0) is 34.5 Å². The molecule has 0 amide bonds. The van der Waals surface area contributed by atoms with Crippen LogP contribution in [0, 0.1) is 0 Å². The fraction of sp³-hybridized carbons (Fsp3) is 0.300. The van der Waals surface area contributed by atoms with E-state index in [1.54, 1.807) is 19.1 Å². The van der Waals surface area contributed by atoms with Gasteiger partial charge in [-0.3, -0.25) is 4.79 Å². The summed E-state index contributed by atoms with van der Waals surface area (Å²) in [5.41, 5.74) is 6.86. The third-order valence-corrected chi connectivity index (χ3v) is 3.16. The second-order valence-electron chi connectivity index (χ2n) is 2.92. The molecule has 0 aliphatic heterocycles. The van der Waals surface area contributed by atoms with Crippen molar-refractivity contribution in [2.75, 3.05) is 12.3 Å². The molecule has 0 heterocycles. The zero-order valence-corrected chi connectivity index (χ0v) is 10.6. The van der Waals surface area contributed by atoms with Crippen LogP contribution in [0.2, 0.25) is 5.02 Å². The van der Waals surface area contributed by atoms with E-state index < -0.39 is 0 Å². The molecule has 0 bridgehead atoms. The van der Waals surface area contributed by atoms with E-state index in [-0.39, 0.29) is 12.4 Å². The number of benzene rings is 1. The standard InChI is InChI=1S/C10H11BrClNO2/c1-2-15-8(14)5-6-3-4-7(11)9(12)10(6)13/h3-4H,2,5,13H2,1H3. The number of esters is 1. The maximum absolute atomic E-state index is 11.2. The van der Waals surface area contributed by atoms with Crippen LogP contribution in [0.4, 0.5) is 5.69 Å². The molecule has 2 N–H and O–H groups in total. The van der Waals surface area contributed by atoms with Gasteiger partial charge < -0.3 is 10.5 Å². The van der Waals surface area contributed by atoms with E-state index in [0.717, 1.165) is 0 Å². The van der Waals surface area contributed by atoms with Gasteiger partial charge in [0.15, 0.2) is 0 Å². The van der Waals surface area contributed by atoms with E-state index >= 15 is 0 Å². The average molecular weight is 293 g/mol. The lowest BCUT2D eigenvalue weighted by atomic mass is 10.1. The van der Waals surface area contributed by atoms with Crippen molar-refractivity contribution in [2.24, 2.45) is 0 Å². The van der Waals surface area contributed by atoms with Gasteiger partial charge in [-0.25, -0.2) is 0 Å². The van der Waals surface area contributed by atoms with E-state index in [2.05, 4.69) is 15.9 Å². The van der Waals surface area contributed by atoms with Crippen LogP contribution in [0.5, 0.6) is 0 Å². The van der Waals surface area contributed by atoms with E-state index in [0.29, 0.717) is 27.4 Å². The molecule has 1 rings (SSSR count). The molecular weight excluding hydrogens is 281 g/mol. The Labute approximate surface area is 102 Å². The van der Waals surface area contributed by atoms with Crippen LogP contribution in [-0.4, -0.2) is 12.6 Å². The molecule has 0 saturated carbocycles. The Morgan fingerprint density at radius 3 is 2.87 bits per heavy atom. The molecule has 0 spiro atoms. The Morgan fingerprint density at radius 2 is 2.27 bits per heavy atom. The maximum Gasteiger partial charge on any atom is 0.310 e. The molecule has 0 aliphatic carbocycles. The van der Waals surface area contributed by atoms with E-state index in [4.69, 9.17) is 22.1 Å². The van der Waals surface area contributed by atoms with E-state index in [1.165, 1.54) is 0 Å². The van der Waals surface area contributed by atoms with Crippen molar-refractivity contribution in [2.45, 2.75) is 13.3 Å². The van der Waals surface area contributed by atoms with E-state index in [9.17, 15) is 4.79 Å². The number of carbonyl (C=O) groups is 1. The summed E-state index contributed by atoms with van der Waals surface area (Å²) in [6.45, 7) is 2.12. The molecule has 3 nitrogen and oxygen atoms in total. The zero-order chi connectivity index (χ0) is 11.4. The van der Waals surface area contributed by atoms with Crippen molar-refractivity contribution < 1.29 is 9.53 Å². The van der Waals surface area contributed by atoms with Crippen molar-refractivity contribution in [1.29, 1.82) is 0 Å². The molecule has 0 atom stereocenters. The number of halogens is 2. The third kappa shape index (κ3) is 3.11. The zero-order valence-electron chi connectivity index (χ0n) is 8.22. The Kier molecular flexibility index (Phi) is 4.42. The van der Waals surface area contributed by atoms with Crippen LogP contribution in [-0.2, 0) is 16.0 Å². The summed E-state index contributed by atoms with van der Waals surface area (Å²) in [4.78, 5) is 11.2. The molecular formula is C10H11BrClNO2. The minimum Gasteiger partial charge on any atom is -0.466 e. The van der Waals surface area contributed by atoms with E-state index in [1.807, 2.05) is 0 Å². The molecule has 0 saturated heterocycles. The summed E-state index contributed by atoms with van der Waals surface area (Å²) in [5.74, 6) is -0.303. The van der Waals surface area contributed by atoms with Crippen LogP contribution in [0.25, 0.3) is 0 Å². The summed E-state index contributed by atoms with van der Waals surface area (Å²) in [6, 6.07) is 3.51. The van der Waals surface area contributed by atoms with Gasteiger partial charge in [0.05, 0.1) is 23.7 Å². The highest BCUT2D eigenvalue weighted by atomic mass is 79.9. The lowest BCUT2D eigenvalue weighted by Gasteiger charge is -2.08. The van der Waals surface area contributed by atoms with Crippen LogP contribution < -0.4 is 5.73 Å². The smallest absolute Gasteiger partial charge is 0.310 e. The second kappa shape index (κ2) is 5.37. The molecule has 82 valence electrons. The van der Waals surface area contributed by atoms with Crippen molar-refractivity contribution in [3.63, 3.8) is 0 Å². The number of nitrogen functional groups attached to an aromatic ring is 1. The summed E-state index contributed by atoms with van der Waals surface area (Å²) >= 11 is 9.17. The minimum atomic E-state index is -0.303. The Balaban J connectivity index is 2.87. The van der Waals surface area contributed by atoms with Gasteiger partial charge in [-0.1, -0.05) is 17.7 Å². The second-order valence-corrected chi connectivity index (χ2v) is 4.15. The summed E-state index contributed by atoms with van der Waals surface area (Å²) in [6.07, 6.45) is 0.146. The lowest BCUT2D eigenvalue weighted by Crippen LogP contribution is -2.09. The molecule has 1 aromatic carbocycles. The highest BCUT2D eigenvalue weighted by molar-refractivity contribution is 9.10. The number of nitrogens with two attached hydrogens (primary N) is 1. The minimum absolute atomic E-state index is 0.146. The lowest BCUT2D eigenvalue weighted by molar-refractivity contribution is -0.142. The van der Waals surface area contributed by atoms with Crippen LogP contribution in [0.3, 0.4) is 0 Å². The van der Waals surface area contributed by atoms with Gasteiger partial charge >= 0.3 is 5.97 Å². The summed E-state index contributed by atoms with van der Waals surface area (Å²) < 4.78 is 5.54. The molecule has 0 fully saturated rings. The molecule has 1 aromatic rings. The predicted octanol–water partition coefficient (Wildman–Crippen LogP) is 2.79. The van der Waals surface area contributed by atoms with Gasteiger partial charge in [0, 0.05) is 4.47 Å². The first-order chi connectivity index (χ1) is 7.06. The number of hydrogen-bond donors (Lipinski definition) is 1. The summed E-state index contributed by atoms with van der Waals surface area (Å²) in [7, 11) is 0. The fourth-order valence-electron chi connectivity index (χ4n) is 1.13. The summed E-state index contributed by atoms with van der Waals surface area (Å²) in [5, 5.41) is 0.428. The highest BCUT2D eigenvalue weighted by Crippen LogP contribution is 2.31. The maximum atomic E-state index is 11.2. The van der Waals surface area contributed by atoms with Gasteiger partial charge in [0.1, 0.15) is 0 Å². The topological polar surface area (TPSA) is 52.3 Å². The number of carbonyl (C=O) groups excluding carboxylic acids is 1. The highest BCUT2D eigenvalue weighted by Gasteiger charge is 2.11. The molecule has 0 aromatic heterocycles. The predicted molar refractivity (Wildman–Crippen MR) is 63.9 cm³/mol.